The standard InChI is InChI=1S/C15H24N4O3/c1-4-18(5-2)15(21)12-10-14(17(3)16-12)22-11-13(20)19-8-6-7-9-19/h10H,4-9,11H2,1-3H3. The van der Waals surface area contributed by atoms with Gasteiger partial charge in [0.15, 0.2) is 12.3 Å². The van der Waals surface area contributed by atoms with Gasteiger partial charge in [0.25, 0.3) is 11.8 Å². The minimum Gasteiger partial charge on any atom is -0.468 e. The van der Waals surface area contributed by atoms with E-state index in [1.165, 1.54) is 4.68 Å². The molecule has 1 saturated heterocycles. The lowest BCUT2D eigenvalue weighted by Gasteiger charge is -2.16. The van der Waals surface area contributed by atoms with E-state index in [4.69, 9.17) is 4.74 Å². The monoisotopic (exact) mass is 308 g/mol. The average Bonchev–Trinajstić information content (AvgIpc) is 3.16. The van der Waals surface area contributed by atoms with Crippen LogP contribution < -0.4 is 4.74 Å². The van der Waals surface area contributed by atoms with E-state index in [1.807, 2.05) is 13.8 Å². The number of rotatable bonds is 6. The fourth-order valence-electron chi connectivity index (χ4n) is 2.56. The van der Waals surface area contributed by atoms with Gasteiger partial charge in [-0.25, -0.2) is 4.68 Å². The Balaban J connectivity index is 1.97. The topological polar surface area (TPSA) is 67.7 Å². The lowest BCUT2D eigenvalue weighted by atomic mass is 10.3. The second-order valence-corrected chi connectivity index (χ2v) is 5.35. The molecule has 2 heterocycles. The van der Waals surface area contributed by atoms with Gasteiger partial charge in [0, 0.05) is 39.3 Å². The quantitative estimate of drug-likeness (QED) is 0.783. The molecule has 0 bridgehead atoms. The number of hydrogen-bond acceptors (Lipinski definition) is 4. The molecule has 1 aromatic rings. The highest BCUT2D eigenvalue weighted by atomic mass is 16.5. The van der Waals surface area contributed by atoms with Crippen LogP contribution in [0.15, 0.2) is 6.07 Å². The highest BCUT2D eigenvalue weighted by Crippen LogP contribution is 2.15. The zero-order chi connectivity index (χ0) is 16.1. The number of aromatic nitrogens is 2. The van der Waals surface area contributed by atoms with Crippen LogP contribution in [0.3, 0.4) is 0 Å². The number of carbonyl (C=O) groups is 2. The third kappa shape index (κ3) is 3.58. The molecule has 2 amide bonds. The predicted molar refractivity (Wildman–Crippen MR) is 81.8 cm³/mol. The summed E-state index contributed by atoms with van der Waals surface area (Å²) in [4.78, 5) is 27.7. The summed E-state index contributed by atoms with van der Waals surface area (Å²) in [6.07, 6.45) is 2.11. The van der Waals surface area contributed by atoms with Crippen LogP contribution in [0.5, 0.6) is 5.88 Å². The van der Waals surface area contributed by atoms with Crippen molar-refractivity contribution >= 4 is 11.8 Å². The number of hydrogen-bond donors (Lipinski definition) is 0. The Labute approximate surface area is 130 Å². The van der Waals surface area contributed by atoms with Gasteiger partial charge in [-0.1, -0.05) is 0 Å². The fraction of sp³-hybridized carbons (Fsp3) is 0.667. The summed E-state index contributed by atoms with van der Waals surface area (Å²) >= 11 is 0. The van der Waals surface area contributed by atoms with Gasteiger partial charge >= 0.3 is 0 Å². The molecule has 7 heteroatoms. The Bertz CT molecular complexity index is 531. The zero-order valence-corrected chi connectivity index (χ0v) is 13.5. The lowest BCUT2D eigenvalue weighted by Crippen LogP contribution is -2.32. The maximum absolute atomic E-state index is 12.2. The van der Waals surface area contributed by atoms with E-state index in [1.54, 1.807) is 22.9 Å². The second-order valence-electron chi connectivity index (χ2n) is 5.35. The molecule has 0 N–H and O–H groups in total. The molecular weight excluding hydrogens is 284 g/mol. The molecule has 1 aromatic heterocycles. The number of carbonyl (C=O) groups excluding carboxylic acids is 2. The Morgan fingerprint density at radius 2 is 1.91 bits per heavy atom. The van der Waals surface area contributed by atoms with E-state index in [0.29, 0.717) is 24.7 Å². The van der Waals surface area contributed by atoms with Crippen LogP contribution in [0.4, 0.5) is 0 Å². The van der Waals surface area contributed by atoms with Gasteiger partial charge < -0.3 is 14.5 Å². The highest BCUT2D eigenvalue weighted by molar-refractivity contribution is 5.92. The van der Waals surface area contributed by atoms with Gasteiger partial charge in [-0.2, -0.15) is 5.10 Å². The predicted octanol–water partition coefficient (Wildman–Crippen LogP) is 0.903. The summed E-state index contributed by atoms with van der Waals surface area (Å²) in [5.74, 6) is 0.291. The summed E-state index contributed by atoms with van der Waals surface area (Å²) in [7, 11) is 1.70. The van der Waals surface area contributed by atoms with Crippen molar-refractivity contribution in [1.82, 2.24) is 19.6 Å². The number of likely N-dealkylation sites (tertiary alicyclic amines) is 1. The number of nitrogens with zero attached hydrogens (tertiary/aromatic N) is 4. The minimum atomic E-state index is -0.124. The normalized spacial score (nSPS) is 14.2. The van der Waals surface area contributed by atoms with E-state index in [0.717, 1.165) is 25.9 Å². The van der Waals surface area contributed by atoms with Crippen molar-refractivity contribution in [1.29, 1.82) is 0 Å². The summed E-state index contributed by atoms with van der Waals surface area (Å²) in [5.41, 5.74) is 0.342. The third-order valence-electron chi connectivity index (χ3n) is 3.91. The molecule has 22 heavy (non-hydrogen) atoms. The maximum atomic E-state index is 12.2. The molecule has 2 rings (SSSR count). The molecule has 0 aliphatic carbocycles. The molecule has 1 fully saturated rings. The average molecular weight is 308 g/mol. The van der Waals surface area contributed by atoms with E-state index in [9.17, 15) is 9.59 Å². The molecular formula is C15H24N4O3. The minimum absolute atomic E-state index is 0.0154. The van der Waals surface area contributed by atoms with E-state index < -0.39 is 0 Å². The van der Waals surface area contributed by atoms with Gasteiger partial charge in [0.1, 0.15) is 0 Å². The molecule has 0 radical (unpaired) electrons. The highest BCUT2D eigenvalue weighted by Gasteiger charge is 2.21. The smallest absolute Gasteiger partial charge is 0.274 e. The van der Waals surface area contributed by atoms with Crippen LogP contribution in [0.25, 0.3) is 0 Å². The Kier molecular flexibility index (Phi) is 5.41. The van der Waals surface area contributed by atoms with E-state index >= 15 is 0 Å². The van der Waals surface area contributed by atoms with Crippen molar-refractivity contribution in [2.75, 3.05) is 32.8 Å². The fourth-order valence-corrected chi connectivity index (χ4v) is 2.56. The summed E-state index contributed by atoms with van der Waals surface area (Å²) in [6.45, 7) is 6.72. The first-order valence-corrected chi connectivity index (χ1v) is 7.80. The first-order chi connectivity index (χ1) is 10.6. The van der Waals surface area contributed by atoms with E-state index in [-0.39, 0.29) is 18.4 Å². The Hall–Kier alpha value is -2.05. The molecule has 122 valence electrons. The third-order valence-corrected chi connectivity index (χ3v) is 3.91. The first kappa shape index (κ1) is 16.3. The second kappa shape index (κ2) is 7.29. The van der Waals surface area contributed by atoms with E-state index in [2.05, 4.69) is 5.10 Å². The first-order valence-electron chi connectivity index (χ1n) is 7.80. The van der Waals surface area contributed by atoms with Crippen LogP contribution in [0, 0.1) is 0 Å². The molecule has 0 spiro atoms. The summed E-state index contributed by atoms with van der Waals surface area (Å²) < 4.78 is 7.02. The van der Waals surface area contributed by atoms with Crippen LogP contribution >= 0.6 is 0 Å². The van der Waals surface area contributed by atoms with Crippen molar-refractivity contribution in [2.45, 2.75) is 26.7 Å². The van der Waals surface area contributed by atoms with Gasteiger partial charge in [-0.15, -0.1) is 0 Å². The van der Waals surface area contributed by atoms with Crippen molar-refractivity contribution in [3.63, 3.8) is 0 Å². The van der Waals surface area contributed by atoms with Crippen molar-refractivity contribution in [2.24, 2.45) is 7.05 Å². The molecule has 0 unspecified atom stereocenters. The zero-order valence-electron chi connectivity index (χ0n) is 13.5. The van der Waals surface area contributed by atoms with Gasteiger partial charge in [-0.3, -0.25) is 9.59 Å². The Morgan fingerprint density at radius 3 is 2.50 bits per heavy atom. The van der Waals surface area contributed by atoms with Gasteiger partial charge in [0.05, 0.1) is 0 Å². The lowest BCUT2D eigenvalue weighted by molar-refractivity contribution is -0.132. The Morgan fingerprint density at radius 1 is 1.27 bits per heavy atom. The number of ether oxygens (including phenoxy) is 1. The van der Waals surface area contributed by atoms with Gasteiger partial charge in [-0.05, 0) is 26.7 Å². The maximum Gasteiger partial charge on any atom is 0.274 e. The van der Waals surface area contributed by atoms with Crippen LogP contribution in [0.1, 0.15) is 37.2 Å². The molecule has 0 atom stereocenters. The SMILES string of the molecule is CCN(CC)C(=O)c1cc(OCC(=O)N2CCCC2)n(C)n1. The molecule has 7 nitrogen and oxygen atoms in total. The largest absolute Gasteiger partial charge is 0.468 e. The molecule has 0 saturated carbocycles. The molecule has 1 aliphatic heterocycles. The molecule has 1 aliphatic rings. The number of aryl methyl sites for hydroxylation is 1. The van der Waals surface area contributed by atoms with Crippen molar-refractivity contribution in [3.05, 3.63) is 11.8 Å². The van der Waals surface area contributed by atoms with Crippen molar-refractivity contribution in [3.8, 4) is 5.88 Å². The summed E-state index contributed by atoms with van der Waals surface area (Å²) in [6, 6.07) is 1.60. The summed E-state index contributed by atoms with van der Waals surface area (Å²) in [5, 5.41) is 4.18. The van der Waals surface area contributed by atoms with Crippen LogP contribution in [0.2, 0.25) is 0 Å². The van der Waals surface area contributed by atoms with Gasteiger partial charge in [0.2, 0.25) is 5.88 Å². The van der Waals surface area contributed by atoms with Crippen LogP contribution in [-0.2, 0) is 11.8 Å². The molecule has 0 aromatic carbocycles. The van der Waals surface area contributed by atoms with Crippen LogP contribution in [-0.4, -0.2) is 64.2 Å². The van der Waals surface area contributed by atoms with Crippen molar-refractivity contribution < 1.29 is 14.3 Å². The number of amides is 2.